The summed E-state index contributed by atoms with van der Waals surface area (Å²) in [5, 5.41) is 3.30. The minimum atomic E-state index is 0.728. The molecule has 88 valence electrons. The second-order valence-corrected chi connectivity index (χ2v) is 3.79. The molecule has 2 aromatic rings. The highest BCUT2D eigenvalue weighted by Crippen LogP contribution is 2.19. The van der Waals surface area contributed by atoms with Crippen molar-refractivity contribution in [1.29, 1.82) is 0 Å². The molecule has 0 atom stereocenters. The SMILES string of the molecule is COc1cccc(CNc2ccccc2N)c1. The van der Waals surface area contributed by atoms with E-state index >= 15 is 0 Å². The summed E-state index contributed by atoms with van der Waals surface area (Å²) in [6, 6.07) is 15.7. The van der Waals surface area contributed by atoms with Crippen molar-refractivity contribution < 1.29 is 4.74 Å². The number of benzene rings is 2. The number of nitrogens with one attached hydrogen (secondary N) is 1. The summed E-state index contributed by atoms with van der Waals surface area (Å²) in [5.41, 5.74) is 8.73. The molecule has 0 aliphatic carbocycles. The average molecular weight is 228 g/mol. The summed E-state index contributed by atoms with van der Waals surface area (Å²) in [4.78, 5) is 0. The lowest BCUT2D eigenvalue weighted by Crippen LogP contribution is -2.02. The van der Waals surface area contributed by atoms with Gasteiger partial charge in [-0.2, -0.15) is 0 Å². The fourth-order valence-corrected chi connectivity index (χ4v) is 1.64. The maximum absolute atomic E-state index is 5.85. The molecule has 0 unspecified atom stereocenters. The number of ether oxygens (including phenoxy) is 1. The zero-order valence-corrected chi connectivity index (χ0v) is 9.81. The van der Waals surface area contributed by atoms with Crippen molar-refractivity contribution >= 4 is 11.4 Å². The van der Waals surface area contributed by atoms with Crippen LogP contribution in [0.15, 0.2) is 48.5 Å². The Morgan fingerprint density at radius 2 is 1.94 bits per heavy atom. The number of methoxy groups -OCH3 is 1. The minimum Gasteiger partial charge on any atom is -0.497 e. The van der Waals surface area contributed by atoms with Crippen molar-refractivity contribution in [3.8, 4) is 5.75 Å². The minimum absolute atomic E-state index is 0.728. The van der Waals surface area contributed by atoms with Crippen molar-refractivity contribution in [2.75, 3.05) is 18.2 Å². The van der Waals surface area contributed by atoms with Crippen LogP contribution in [0.2, 0.25) is 0 Å². The molecule has 3 N–H and O–H groups in total. The van der Waals surface area contributed by atoms with E-state index in [-0.39, 0.29) is 0 Å². The number of anilines is 2. The third-order valence-corrected chi connectivity index (χ3v) is 2.58. The number of nitrogen functional groups attached to an aromatic ring is 1. The third-order valence-electron chi connectivity index (χ3n) is 2.58. The van der Waals surface area contributed by atoms with Gasteiger partial charge < -0.3 is 15.8 Å². The predicted octanol–water partition coefficient (Wildman–Crippen LogP) is 2.89. The lowest BCUT2D eigenvalue weighted by atomic mass is 10.2. The molecule has 2 rings (SSSR count). The number of rotatable bonds is 4. The van der Waals surface area contributed by atoms with E-state index in [1.54, 1.807) is 7.11 Å². The topological polar surface area (TPSA) is 47.3 Å². The van der Waals surface area contributed by atoms with Crippen LogP contribution in [-0.2, 0) is 6.54 Å². The highest BCUT2D eigenvalue weighted by molar-refractivity contribution is 5.65. The Morgan fingerprint density at radius 1 is 1.12 bits per heavy atom. The number of nitrogens with two attached hydrogens (primary N) is 1. The number of hydrogen-bond acceptors (Lipinski definition) is 3. The van der Waals surface area contributed by atoms with Crippen LogP contribution >= 0.6 is 0 Å². The van der Waals surface area contributed by atoms with Crippen LogP contribution in [0.4, 0.5) is 11.4 Å². The summed E-state index contributed by atoms with van der Waals surface area (Å²) in [5.74, 6) is 0.866. The zero-order valence-electron chi connectivity index (χ0n) is 9.81. The van der Waals surface area contributed by atoms with E-state index in [1.165, 1.54) is 0 Å². The van der Waals surface area contributed by atoms with E-state index in [4.69, 9.17) is 10.5 Å². The Hall–Kier alpha value is -2.16. The quantitative estimate of drug-likeness (QED) is 0.791. The number of para-hydroxylation sites is 2. The second kappa shape index (κ2) is 5.25. The van der Waals surface area contributed by atoms with Gasteiger partial charge in [-0.25, -0.2) is 0 Å². The monoisotopic (exact) mass is 228 g/mol. The molecule has 0 amide bonds. The van der Waals surface area contributed by atoms with E-state index in [1.807, 2.05) is 42.5 Å². The molecular weight excluding hydrogens is 212 g/mol. The molecule has 0 heterocycles. The second-order valence-electron chi connectivity index (χ2n) is 3.79. The first-order chi connectivity index (χ1) is 8.29. The zero-order chi connectivity index (χ0) is 12.1. The molecule has 0 aliphatic rings. The molecule has 2 aromatic carbocycles. The molecule has 0 aromatic heterocycles. The Balaban J connectivity index is 2.05. The van der Waals surface area contributed by atoms with Gasteiger partial charge in [0.05, 0.1) is 18.5 Å². The van der Waals surface area contributed by atoms with Gasteiger partial charge in [-0.05, 0) is 29.8 Å². The summed E-state index contributed by atoms with van der Waals surface area (Å²) in [7, 11) is 1.67. The van der Waals surface area contributed by atoms with Gasteiger partial charge in [0.25, 0.3) is 0 Å². The van der Waals surface area contributed by atoms with Crippen LogP contribution in [0.25, 0.3) is 0 Å². The van der Waals surface area contributed by atoms with Gasteiger partial charge in [-0.3, -0.25) is 0 Å². The van der Waals surface area contributed by atoms with Gasteiger partial charge >= 0.3 is 0 Å². The van der Waals surface area contributed by atoms with Crippen molar-refractivity contribution in [1.82, 2.24) is 0 Å². The highest BCUT2D eigenvalue weighted by Gasteiger charge is 1.98. The summed E-state index contributed by atoms with van der Waals surface area (Å²) in [6.45, 7) is 0.728. The third kappa shape index (κ3) is 2.91. The molecule has 0 saturated carbocycles. The Kier molecular flexibility index (Phi) is 3.50. The molecule has 0 radical (unpaired) electrons. The van der Waals surface area contributed by atoms with Crippen LogP contribution in [-0.4, -0.2) is 7.11 Å². The van der Waals surface area contributed by atoms with Gasteiger partial charge in [0.1, 0.15) is 5.75 Å². The van der Waals surface area contributed by atoms with Crippen molar-refractivity contribution in [3.63, 3.8) is 0 Å². The van der Waals surface area contributed by atoms with Crippen LogP contribution < -0.4 is 15.8 Å². The van der Waals surface area contributed by atoms with Gasteiger partial charge in [0.2, 0.25) is 0 Å². The van der Waals surface area contributed by atoms with Crippen LogP contribution in [0.1, 0.15) is 5.56 Å². The van der Waals surface area contributed by atoms with Gasteiger partial charge in [-0.15, -0.1) is 0 Å². The van der Waals surface area contributed by atoms with E-state index in [9.17, 15) is 0 Å². The van der Waals surface area contributed by atoms with E-state index < -0.39 is 0 Å². The molecular formula is C14H16N2O. The molecule has 0 saturated heterocycles. The molecule has 0 spiro atoms. The Morgan fingerprint density at radius 3 is 2.71 bits per heavy atom. The van der Waals surface area contributed by atoms with E-state index in [0.29, 0.717) is 0 Å². The fourth-order valence-electron chi connectivity index (χ4n) is 1.64. The van der Waals surface area contributed by atoms with Crippen molar-refractivity contribution in [2.45, 2.75) is 6.54 Å². The molecule has 0 aliphatic heterocycles. The lowest BCUT2D eigenvalue weighted by molar-refractivity contribution is 0.414. The molecule has 0 bridgehead atoms. The summed E-state index contributed by atoms with van der Waals surface area (Å²) in [6.07, 6.45) is 0. The van der Waals surface area contributed by atoms with Crippen molar-refractivity contribution in [2.24, 2.45) is 0 Å². The van der Waals surface area contributed by atoms with E-state index in [2.05, 4.69) is 11.4 Å². The Labute approximate surface area is 101 Å². The summed E-state index contributed by atoms with van der Waals surface area (Å²) >= 11 is 0. The molecule has 3 nitrogen and oxygen atoms in total. The summed E-state index contributed by atoms with van der Waals surface area (Å²) < 4.78 is 5.18. The lowest BCUT2D eigenvalue weighted by Gasteiger charge is -2.09. The van der Waals surface area contributed by atoms with Crippen LogP contribution in [0.3, 0.4) is 0 Å². The van der Waals surface area contributed by atoms with E-state index in [0.717, 1.165) is 29.2 Å². The van der Waals surface area contributed by atoms with Gasteiger partial charge in [0.15, 0.2) is 0 Å². The molecule has 17 heavy (non-hydrogen) atoms. The first-order valence-electron chi connectivity index (χ1n) is 5.51. The van der Waals surface area contributed by atoms with Crippen LogP contribution in [0.5, 0.6) is 5.75 Å². The number of hydrogen-bond donors (Lipinski definition) is 2. The van der Waals surface area contributed by atoms with Gasteiger partial charge in [-0.1, -0.05) is 24.3 Å². The van der Waals surface area contributed by atoms with Gasteiger partial charge in [0, 0.05) is 6.54 Å². The standard InChI is InChI=1S/C14H16N2O/c1-17-12-6-4-5-11(9-12)10-16-14-8-3-2-7-13(14)15/h2-9,16H,10,15H2,1H3. The Bertz CT molecular complexity index is 497. The van der Waals surface area contributed by atoms with Crippen molar-refractivity contribution in [3.05, 3.63) is 54.1 Å². The van der Waals surface area contributed by atoms with Crippen LogP contribution in [0, 0.1) is 0 Å². The maximum atomic E-state index is 5.85. The average Bonchev–Trinajstić information content (AvgIpc) is 2.38. The fraction of sp³-hybridized carbons (Fsp3) is 0.143. The first-order valence-corrected chi connectivity index (χ1v) is 5.51. The molecule has 0 fully saturated rings. The molecule has 3 heteroatoms. The highest BCUT2D eigenvalue weighted by atomic mass is 16.5. The maximum Gasteiger partial charge on any atom is 0.119 e. The largest absolute Gasteiger partial charge is 0.497 e. The smallest absolute Gasteiger partial charge is 0.119 e. The predicted molar refractivity (Wildman–Crippen MR) is 71.2 cm³/mol. The normalized spacial score (nSPS) is 9.94. The first kappa shape index (κ1) is 11.3.